The zero-order valence-corrected chi connectivity index (χ0v) is 16.7. The van der Waals surface area contributed by atoms with Crippen molar-refractivity contribution in [2.75, 3.05) is 24.5 Å². The number of benzene rings is 2. The minimum atomic E-state index is -4.59. The summed E-state index contributed by atoms with van der Waals surface area (Å²) in [7, 11) is -4.04. The van der Waals surface area contributed by atoms with Gasteiger partial charge in [-0.1, -0.05) is 18.2 Å². The molecule has 0 unspecified atom stereocenters. The van der Waals surface area contributed by atoms with Gasteiger partial charge in [0.1, 0.15) is 0 Å². The molecular weight excluding hydrogens is 403 g/mol. The van der Waals surface area contributed by atoms with Gasteiger partial charge in [-0.2, -0.15) is 17.5 Å². The Kier molecular flexibility index (Phi) is 5.08. The maximum Gasteiger partial charge on any atom is 0.416 e. The van der Waals surface area contributed by atoms with E-state index in [0.717, 1.165) is 48.6 Å². The van der Waals surface area contributed by atoms with Crippen molar-refractivity contribution in [3.05, 3.63) is 59.2 Å². The molecule has 0 spiro atoms. The second-order valence-corrected chi connectivity index (χ2v) is 9.45. The third-order valence-electron chi connectivity index (χ3n) is 5.44. The van der Waals surface area contributed by atoms with Crippen LogP contribution in [0.4, 0.5) is 18.9 Å². The van der Waals surface area contributed by atoms with Gasteiger partial charge in [-0.25, -0.2) is 8.42 Å². The van der Waals surface area contributed by atoms with Crippen LogP contribution in [0.25, 0.3) is 0 Å². The van der Waals surface area contributed by atoms with E-state index in [1.165, 1.54) is 10.4 Å². The average molecular weight is 425 g/mol. The highest BCUT2D eigenvalue weighted by Crippen LogP contribution is 2.36. The first-order chi connectivity index (χ1) is 13.7. The molecule has 156 valence electrons. The minimum absolute atomic E-state index is 0.155. The second-order valence-electron chi connectivity index (χ2n) is 7.51. The molecule has 1 N–H and O–H groups in total. The maximum atomic E-state index is 13.1. The van der Waals surface area contributed by atoms with Crippen LogP contribution in [-0.4, -0.2) is 38.4 Å². The molecule has 1 saturated heterocycles. The van der Waals surface area contributed by atoms with Gasteiger partial charge in [-0.3, -0.25) is 0 Å². The first-order valence-corrected chi connectivity index (χ1v) is 10.9. The molecule has 4 rings (SSSR count). The van der Waals surface area contributed by atoms with Crippen LogP contribution < -0.4 is 10.2 Å². The van der Waals surface area contributed by atoms with Crippen LogP contribution in [0.5, 0.6) is 0 Å². The molecule has 2 heterocycles. The number of piperazine rings is 1. The Morgan fingerprint density at radius 1 is 1.10 bits per heavy atom. The molecule has 9 heteroatoms. The van der Waals surface area contributed by atoms with Crippen molar-refractivity contribution in [3.8, 4) is 0 Å². The lowest BCUT2D eigenvalue weighted by molar-refractivity contribution is -0.137. The summed E-state index contributed by atoms with van der Waals surface area (Å²) < 4.78 is 66.4. The van der Waals surface area contributed by atoms with E-state index in [1.807, 2.05) is 18.2 Å². The van der Waals surface area contributed by atoms with Crippen molar-refractivity contribution in [1.29, 1.82) is 0 Å². The summed E-state index contributed by atoms with van der Waals surface area (Å²) in [5.41, 5.74) is 1.85. The third-order valence-corrected chi connectivity index (χ3v) is 7.23. The number of alkyl halides is 3. The predicted octanol–water partition coefficient (Wildman–Crippen LogP) is 3.21. The topological polar surface area (TPSA) is 52.7 Å². The summed E-state index contributed by atoms with van der Waals surface area (Å²) >= 11 is 0. The van der Waals surface area contributed by atoms with E-state index in [2.05, 4.69) is 17.1 Å². The van der Waals surface area contributed by atoms with E-state index in [1.54, 1.807) is 0 Å². The molecule has 1 fully saturated rings. The highest BCUT2D eigenvalue weighted by molar-refractivity contribution is 7.89. The van der Waals surface area contributed by atoms with Gasteiger partial charge in [0.2, 0.25) is 10.0 Å². The molecule has 0 aromatic heterocycles. The van der Waals surface area contributed by atoms with E-state index < -0.39 is 21.8 Å². The van der Waals surface area contributed by atoms with Gasteiger partial charge in [-0.05, 0) is 42.3 Å². The Hall–Kier alpha value is -2.10. The fourth-order valence-corrected chi connectivity index (χ4v) is 5.41. The molecule has 0 bridgehead atoms. The fraction of sp³-hybridized carbons (Fsp3) is 0.400. The smallest absolute Gasteiger partial charge is 0.368 e. The largest absolute Gasteiger partial charge is 0.416 e. The van der Waals surface area contributed by atoms with E-state index in [4.69, 9.17) is 0 Å². The highest BCUT2D eigenvalue weighted by Gasteiger charge is 2.36. The Morgan fingerprint density at radius 2 is 1.86 bits per heavy atom. The molecule has 2 aromatic carbocycles. The zero-order chi connectivity index (χ0) is 20.8. The Bertz CT molecular complexity index is 1020. The molecule has 1 atom stereocenters. The fourth-order valence-electron chi connectivity index (χ4n) is 3.97. The molecule has 5 nitrogen and oxygen atoms in total. The quantitative estimate of drug-likeness (QED) is 0.821. The van der Waals surface area contributed by atoms with Crippen molar-refractivity contribution in [2.24, 2.45) is 0 Å². The van der Waals surface area contributed by atoms with Gasteiger partial charge < -0.3 is 10.2 Å². The van der Waals surface area contributed by atoms with E-state index in [-0.39, 0.29) is 18.0 Å². The lowest BCUT2D eigenvalue weighted by Crippen LogP contribution is -2.49. The summed E-state index contributed by atoms with van der Waals surface area (Å²) in [6.07, 6.45) is -4.59. The standard InChI is InChI=1S/C20H22F3N3O2S/c1-14-11-25(9-8-24-14)19-7-2-4-15-12-26(13-18(15)19)29(27,28)17-6-3-5-16(10-17)20(21,22)23/h2-7,10,14,24H,8-9,11-13H2,1H3/t14-/m1/s1. The Labute approximate surface area is 168 Å². The predicted molar refractivity (Wildman–Crippen MR) is 104 cm³/mol. The molecule has 2 aliphatic heterocycles. The van der Waals surface area contributed by atoms with Crippen molar-refractivity contribution >= 4 is 15.7 Å². The van der Waals surface area contributed by atoms with Gasteiger partial charge in [0, 0.05) is 44.5 Å². The monoisotopic (exact) mass is 425 g/mol. The summed E-state index contributed by atoms with van der Waals surface area (Å²) in [6, 6.07) is 10.0. The molecule has 0 saturated carbocycles. The zero-order valence-electron chi connectivity index (χ0n) is 15.9. The second kappa shape index (κ2) is 7.30. The van der Waals surface area contributed by atoms with Crippen molar-refractivity contribution in [1.82, 2.24) is 9.62 Å². The number of hydrogen-bond acceptors (Lipinski definition) is 4. The number of hydrogen-bond donors (Lipinski definition) is 1. The van der Waals surface area contributed by atoms with Crippen molar-refractivity contribution in [3.63, 3.8) is 0 Å². The third kappa shape index (κ3) is 3.86. The van der Waals surface area contributed by atoms with Gasteiger partial charge in [-0.15, -0.1) is 0 Å². The first kappa shape index (κ1) is 20.2. The van der Waals surface area contributed by atoms with Crippen molar-refractivity contribution in [2.45, 2.75) is 37.1 Å². The molecule has 0 radical (unpaired) electrons. The molecule has 29 heavy (non-hydrogen) atoms. The summed E-state index contributed by atoms with van der Waals surface area (Å²) in [5, 5.41) is 3.38. The van der Waals surface area contributed by atoms with E-state index >= 15 is 0 Å². The molecule has 2 aliphatic rings. The minimum Gasteiger partial charge on any atom is -0.368 e. The van der Waals surface area contributed by atoms with Crippen LogP contribution in [0.1, 0.15) is 23.6 Å². The first-order valence-electron chi connectivity index (χ1n) is 9.43. The summed E-state index contributed by atoms with van der Waals surface area (Å²) in [5.74, 6) is 0. The number of sulfonamides is 1. The van der Waals surface area contributed by atoms with Crippen LogP contribution in [0.2, 0.25) is 0 Å². The van der Waals surface area contributed by atoms with Crippen LogP contribution >= 0.6 is 0 Å². The molecule has 0 aliphatic carbocycles. The number of anilines is 1. The average Bonchev–Trinajstić information content (AvgIpc) is 3.12. The summed E-state index contributed by atoms with van der Waals surface area (Å²) in [6.45, 7) is 4.89. The number of fused-ring (bicyclic) bond motifs is 1. The summed E-state index contributed by atoms with van der Waals surface area (Å²) in [4.78, 5) is 1.90. The molecule has 2 aromatic rings. The Balaban J connectivity index is 1.63. The lowest BCUT2D eigenvalue weighted by atomic mass is 10.1. The van der Waals surface area contributed by atoms with Gasteiger partial charge in [0.05, 0.1) is 10.5 Å². The normalized spacial score (nSPS) is 20.7. The van der Waals surface area contributed by atoms with Gasteiger partial charge >= 0.3 is 6.18 Å². The number of nitrogens with one attached hydrogen (secondary N) is 1. The highest BCUT2D eigenvalue weighted by atomic mass is 32.2. The van der Waals surface area contributed by atoms with Crippen LogP contribution in [-0.2, 0) is 29.3 Å². The maximum absolute atomic E-state index is 13.1. The van der Waals surface area contributed by atoms with E-state index in [9.17, 15) is 21.6 Å². The van der Waals surface area contributed by atoms with Crippen molar-refractivity contribution < 1.29 is 21.6 Å². The van der Waals surface area contributed by atoms with Gasteiger partial charge in [0.25, 0.3) is 0 Å². The molecule has 0 amide bonds. The van der Waals surface area contributed by atoms with Crippen LogP contribution in [0.3, 0.4) is 0 Å². The van der Waals surface area contributed by atoms with Crippen LogP contribution in [0, 0.1) is 0 Å². The Morgan fingerprint density at radius 3 is 2.59 bits per heavy atom. The van der Waals surface area contributed by atoms with Crippen LogP contribution in [0.15, 0.2) is 47.4 Å². The van der Waals surface area contributed by atoms with Gasteiger partial charge in [0.15, 0.2) is 0 Å². The number of rotatable bonds is 3. The number of nitrogens with zero attached hydrogens (tertiary/aromatic N) is 2. The lowest BCUT2D eigenvalue weighted by Gasteiger charge is -2.34. The number of halogens is 3. The SMILES string of the molecule is C[C@@H]1CN(c2cccc3c2CN(S(=O)(=O)c2cccc(C(F)(F)F)c2)C3)CCN1. The van der Waals surface area contributed by atoms with E-state index in [0.29, 0.717) is 12.1 Å². The molecular formula is C20H22F3N3O2S.